The zero-order chi connectivity index (χ0) is 20.9. The fourth-order valence-corrected chi connectivity index (χ4v) is 3.90. The zero-order valence-corrected chi connectivity index (χ0v) is 18.5. The molecule has 0 unspecified atom stereocenters. The van der Waals surface area contributed by atoms with Gasteiger partial charge in [0.15, 0.2) is 5.96 Å². The SMILES string of the molecule is CN=C(NCc1ncc(C(C)(C)C)o1)NCC1(c2ccccc2Cl)CCOCC1. The number of aromatic nitrogens is 1. The Morgan fingerprint density at radius 1 is 1.21 bits per heavy atom. The Bertz CT molecular complexity index is 835. The van der Waals surface area contributed by atoms with E-state index in [9.17, 15) is 0 Å². The average Bonchev–Trinajstić information content (AvgIpc) is 3.19. The van der Waals surface area contributed by atoms with Crippen LogP contribution < -0.4 is 10.6 Å². The molecule has 0 spiro atoms. The van der Waals surface area contributed by atoms with Crippen LogP contribution in [-0.4, -0.2) is 37.7 Å². The minimum atomic E-state index is -0.0868. The number of hydrogen-bond acceptors (Lipinski definition) is 4. The van der Waals surface area contributed by atoms with Crippen LogP contribution in [0.2, 0.25) is 5.02 Å². The summed E-state index contributed by atoms with van der Waals surface area (Å²) in [4.78, 5) is 8.72. The van der Waals surface area contributed by atoms with Gasteiger partial charge in [-0.1, -0.05) is 50.6 Å². The van der Waals surface area contributed by atoms with Crippen LogP contribution >= 0.6 is 11.6 Å². The third-order valence-corrected chi connectivity index (χ3v) is 5.74. The summed E-state index contributed by atoms with van der Waals surface area (Å²) in [5, 5.41) is 7.56. The quantitative estimate of drug-likeness (QED) is 0.566. The van der Waals surface area contributed by atoms with Gasteiger partial charge in [-0.05, 0) is 24.5 Å². The van der Waals surface area contributed by atoms with Gasteiger partial charge < -0.3 is 19.8 Å². The van der Waals surface area contributed by atoms with Gasteiger partial charge in [-0.25, -0.2) is 4.98 Å². The van der Waals surface area contributed by atoms with Crippen molar-refractivity contribution in [2.24, 2.45) is 4.99 Å². The third-order valence-electron chi connectivity index (χ3n) is 5.41. The van der Waals surface area contributed by atoms with E-state index in [0.717, 1.165) is 48.9 Å². The van der Waals surface area contributed by atoms with Crippen LogP contribution in [0.3, 0.4) is 0 Å². The molecule has 2 aromatic rings. The molecule has 1 saturated heterocycles. The molecule has 7 heteroatoms. The van der Waals surface area contributed by atoms with Crippen molar-refractivity contribution >= 4 is 17.6 Å². The number of benzene rings is 1. The van der Waals surface area contributed by atoms with Crippen molar-refractivity contribution in [1.82, 2.24) is 15.6 Å². The van der Waals surface area contributed by atoms with Crippen molar-refractivity contribution in [3.05, 3.63) is 52.7 Å². The van der Waals surface area contributed by atoms with Gasteiger partial charge in [-0.2, -0.15) is 0 Å². The second-order valence-electron chi connectivity index (χ2n) is 8.52. The lowest BCUT2D eigenvalue weighted by Crippen LogP contribution is -2.48. The van der Waals surface area contributed by atoms with Crippen LogP contribution in [0, 0.1) is 0 Å². The summed E-state index contributed by atoms with van der Waals surface area (Å²) in [6, 6.07) is 8.08. The molecule has 0 atom stereocenters. The Labute approximate surface area is 178 Å². The smallest absolute Gasteiger partial charge is 0.213 e. The summed E-state index contributed by atoms with van der Waals surface area (Å²) in [6.45, 7) is 8.96. The van der Waals surface area contributed by atoms with E-state index < -0.39 is 0 Å². The van der Waals surface area contributed by atoms with Gasteiger partial charge in [0.05, 0.1) is 12.7 Å². The first-order valence-corrected chi connectivity index (χ1v) is 10.4. The molecule has 0 radical (unpaired) electrons. The second-order valence-corrected chi connectivity index (χ2v) is 8.93. The number of guanidine groups is 1. The molecule has 0 amide bonds. The fraction of sp³-hybridized carbons (Fsp3) is 0.545. The highest BCUT2D eigenvalue weighted by Crippen LogP contribution is 2.38. The van der Waals surface area contributed by atoms with Crippen LogP contribution in [-0.2, 0) is 22.1 Å². The predicted molar refractivity (Wildman–Crippen MR) is 117 cm³/mol. The maximum absolute atomic E-state index is 6.54. The molecule has 1 fully saturated rings. The van der Waals surface area contributed by atoms with Gasteiger partial charge in [-0.15, -0.1) is 0 Å². The number of nitrogens with zero attached hydrogens (tertiary/aromatic N) is 2. The summed E-state index contributed by atoms with van der Waals surface area (Å²) < 4.78 is 11.5. The normalized spacial score (nSPS) is 17.2. The summed E-state index contributed by atoms with van der Waals surface area (Å²) in [5.41, 5.74) is 1.02. The average molecular weight is 419 g/mol. The topological polar surface area (TPSA) is 71.7 Å². The lowest BCUT2D eigenvalue weighted by Gasteiger charge is -2.38. The Morgan fingerprint density at radius 3 is 2.55 bits per heavy atom. The number of oxazole rings is 1. The lowest BCUT2D eigenvalue weighted by molar-refractivity contribution is 0.0514. The Hall–Kier alpha value is -2.05. The van der Waals surface area contributed by atoms with Gasteiger partial charge in [0.2, 0.25) is 5.89 Å². The Balaban J connectivity index is 1.65. The van der Waals surface area contributed by atoms with E-state index in [-0.39, 0.29) is 10.8 Å². The van der Waals surface area contributed by atoms with E-state index >= 15 is 0 Å². The lowest BCUT2D eigenvalue weighted by atomic mass is 9.74. The summed E-state index contributed by atoms with van der Waals surface area (Å²) in [6.07, 6.45) is 3.62. The maximum atomic E-state index is 6.54. The van der Waals surface area contributed by atoms with Gasteiger partial charge >= 0.3 is 0 Å². The molecular weight excluding hydrogens is 388 g/mol. The number of rotatable bonds is 5. The Kier molecular flexibility index (Phi) is 6.85. The van der Waals surface area contributed by atoms with Gasteiger partial charge in [0.1, 0.15) is 5.76 Å². The first-order chi connectivity index (χ1) is 13.8. The van der Waals surface area contributed by atoms with Crippen LogP contribution in [0.5, 0.6) is 0 Å². The highest BCUT2D eigenvalue weighted by atomic mass is 35.5. The molecule has 0 aliphatic carbocycles. The second kappa shape index (κ2) is 9.18. The maximum Gasteiger partial charge on any atom is 0.213 e. The highest BCUT2D eigenvalue weighted by Gasteiger charge is 2.36. The van der Waals surface area contributed by atoms with E-state index in [2.05, 4.69) is 47.4 Å². The number of hydrogen-bond donors (Lipinski definition) is 2. The molecule has 6 nitrogen and oxygen atoms in total. The molecule has 1 aromatic heterocycles. The first kappa shape index (κ1) is 21.7. The van der Waals surface area contributed by atoms with E-state index in [1.165, 1.54) is 0 Å². The molecule has 0 bridgehead atoms. The Morgan fingerprint density at radius 2 is 1.93 bits per heavy atom. The van der Waals surface area contributed by atoms with Crippen LogP contribution in [0.15, 0.2) is 39.9 Å². The molecular formula is C22H31ClN4O2. The van der Waals surface area contributed by atoms with Crippen molar-refractivity contribution < 1.29 is 9.15 Å². The monoisotopic (exact) mass is 418 g/mol. The van der Waals surface area contributed by atoms with Crippen molar-refractivity contribution in [1.29, 1.82) is 0 Å². The summed E-state index contributed by atoms with van der Waals surface area (Å²) in [7, 11) is 1.76. The van der Waals surface area contributed by atoms with Gasteiger partial charge in [0.25, 0.3) is 0 Å². The van der Waals surface area contributed by atoms with Crippen molar-refractivity contribution in [2.45, 2.75) is 51.0 Å². The van der Waals surface area contributed by atoms with Crippen molar-refractivity contribution in [3.8, 4) is 0 Å². The minimum Gasteiger partial charge on any atom is -0.443 e. The predicted octanol–water partition coefficient (Wildman–Crippen LogP) is 4.04. The standard InChI is InChI=1S/C22H31ClN4O2/c1-21(2,3)18-13-25-19(29-18)14-26-20(24-4)27-15-22(9-11-28-12-10-22)16-7-5-6-8-17(16)23/h5-8,13H,9-12,14-15H2,1-4H3,(H2,24,26,27). The third kappa shape index (κ3) is 5.31. The summed E-state index contributed by atoms with van der Waals surface area (Å²) >= 11 is 6.54. The number of nitrogens with one attached hydrogen (secondary N) is 2. The molecule has 3 rings (SSSR count). The molecule has 2 N–H and O–H groups in total. The molecule has 1 aromatic carbocycles. The van der Waals surface area contributed by atoms with Crippen LogP contribution in [0.1, 0.15) is 50.8 Å². The number of ether oxygens (including phenoxy) is 1. The molecule has 29 heavy (non-hydrogen) atoms. The van der Waals surface area contributed by atoms with Crippen LogP contribution in [0.4, 0.5) is 0 Å². The zero-order valence-electron chi connectivity index (χ0n) is 17.7. The van der Waals surface area contributed by atoms with E-state index in [0.29, 0.717) is 18.4 Å². The van der Waals surface area contributed by atoms with Crippen molar-refractivity contribution in [2.75, 3.05) is 26.8 Å². The number of halogens is 1. The van der Waals surface area contributed by atoms with Gasteiger partial charge in [0, 0.05) is 42.7 Å². The number of aliphatic imine (C=N–C) groups is 1. The first-order valence-electron chi connectivity index (χ1n) is 10.1. The molecule has 2 heterocycles. The van der Waals surface area contributed by atoms with E-state index in [1.807, 2.05) is 18.2 Å². The molecule has 1 aliphatic rings. The highest BCUT2D eigenvalue weighted by molar-refractivity contribution is 6.31. The van der Waals surface area contributed by atoms with Gasteiger partial charge in [-0.3, -0.25) is 4.99 Å². The van der Waals surface area contributed by atoms with Crippen LogP contribution in [0.25, 0.3) is 0 Å². The fourth-order valence-electron chi connectivity index (χ4n) is 3.57. The molecule has 158 valence electrons. The van der Waals surface area contributed by atoms with Crippen molar-refractivity contribution in [3.63, 3.8) is 0 Å². The van der Waals surface area contributed by atoms with E-state index in [1.54, 1.807) is 13.2 Å². The largest absolute Gasteiger partial charge is 0.443 e. The van der Waals surface area contributed by atoms with E-state index in [4.69, 9.17) is 20.8 Å². The molecule has 0 saturated carbocycles. The molecule has 1 aliphatic heterocycles. The minimum absolute atomic E-state index is 0.0600. The summed E-state index contributed by atoms with van der Waals surface area (Å²) in [5.74, 6) is 2.22.